The summed E-state index contributed by atoms with van der Waals surface area (Å²) in [6.07, 6.45) is -5.79. The number of nitrogens with zero attached hydrogens (tertiary/aromatic N) is 2. The van der Waals surface area contributed by atoms with E-state index < -0.39 is 36.4 Å². The Morgan fingerprint density at radius 1 is 0.907 bits per heavy atom. The summed E-state index contributed by atoms with van der Waals surface area (Å²) >= 11 is 0. The summed E-state index contributed by atoms with van der Waals surface area (Å²) in [6, 6.07) is 31.2. The molecule has 4 aromatic carbocycles. The Hall–Kier alpha value is -4.59. The van der Waals surface area contributed by atoms with E-state index in [2.05, 4.69) is 10.2 Å². The molecule has 0 bridgehead atoms. The molecule has 9 nitrogen and oxygen atoms in total. The monoisotopic (exact) mass is 745 g/mol. The lowest BCUT2D eigenvalue weighted by Gasteiger charge is -2.39. The third kappa shape index (κ3) is 9.37. The number of benzene rings is 4. The quantitative estimate of drug-likeness (QED) is 0.150. The standard InChI is InChI=1S/C42H46F3N3O6/c1-27(38(50)32-9-4-3-5-10-32)47(2)25-35-23-37(31-15-13-28(26-49)14-16-31)54-40(53-35)33-19-17-30(18-20-33)34-11-6-8-29(22-34)24-46-39(51)36-12-7-21-48(36)41(52)42(43,44)45/h3-6,8-11,13-20,22,27,35-38,40,49-50H,7,12,21,23-26H2,1-2H3,(H,46,51)/t27-,35+,36-,37-,38-,40-/m0/s1. The van der Waals surface area contributed by atoms with Crippen LogP contribution in [0.5, 0.6) is 0 Å². The number of hydrogen-bond acceptors (Lipinski definition) is 7. The van der Waals surface area contributed by atoms with Crippen LogP contribution >= 0.6 is 0 Å². The molecule has 6 rings (SSSR count). The number of aliphatic hydroxyl groups excluding tert-OH is 2. The number of alkyl halides is 3. The summed E-state index contributed by atoms with van der Waals surface area (Å²) in [5.74, 6) is -2.60. The predicted molar refractivity (Wildman–Crippen MR) is 196 cm³/mol. The fourth-order valence-corrected chi connectivity index (χ4v) is 7.14. The van der Waals surface area contributed by atoms with Crippen molar-refractivity contribution in [2.75, 3.05) is 20.1 Å². The van der Waals surface area contributed by atoms with Gasteiger partial charge in [0.05, 0.1) is 24.9 Å². The highest BCUT2D eigenvalue weighted by atomic mass is 19.4. The average molecular weight is 746 g/mol. The van der Waals surface area contributed by atoms with Crippen molar-refractivity contribution in [3.8, 4) is 11.1 Å². The van der Waals surface area contributed by atoms with Crippen molar-refractivity contribution in [2.45, 2.75) is 82.2 Å². The van der Waals surface area contributed by atoms with E-state index in [0.29, 0.717) is 24.3 Å². The Morgan fingerprint density at radius 3 is 2.30 bits per heavy atom. The van der Waals surface area contributed by atoms with Crippen LogP contribution in [0.1, 0.15) is 72.5 Å². The molecule has 54 heavy (non-hydrogen) atoms. The topological polar surface area (TPSA) is 112 Å². The van der Waals surface area contributed by atoms with Crippen LogP contribution in [0, 0.1) is 0 Å². The van der Waals surface area contributed by atoms with E-state index in [1.807, 2.05) is 117 Å². The van der Waals surface area contributed by atoms with Gasteiger partial charge in [-0.2, -0.15) is 13.2 Å². The first kappa shape index (κ1) is 39.1. The van der Waals surface area contributed by atoms with Crippen LogP contribution in [0.25, 0.3) is 11.1 Å². The number of ether oxygens (including phenoxy) is 2. The van der Waals surface area contributed by atoms with E-state index in [9.17, 15) is 33.0 Å². The van der Waals surface area contributed by atoms with Crippen molar-refractivity contribution in [2.24, 2.45) is 0 Å². The van der Waals surface area contributed by atoms with Gasteiger partial charge in [-0.1, -0.05) is 97.1 Å². The number of halogens is 3. The highest BCUT2D eigenvalue weighted by molar-refractivity contribution is 5.90. The van der Waals surface area contributed by atoms with Crippen molar-refractivity contribution >= 4 is 11.8 Å². The first-order valence-electron chi connectivity index (χ1n) is 18.2. The van der Waals surface area contributed by atoms with E-state index in [1.54, 1.807) is 0 Å². The number of likely N-dealkylation sites (N-methyl/N-ethyl adjacent to an activating group) is 1. The van der Waals surface area contributed by atoms with E-state index >= 15 is 0 Å². The fraction of sp³-hybridized carbons (Fsp3) is 0.381. The zero-order valence-corrected chi connectivity index (χ0v) is 30.3. The number of rotatable bonds is 12. The average Bonchev–Trinajstić information content (AvgIpc) is 3.69. The Morgan fingerprint density at radius 2 is 1.61 bits per heavy atom. The van der Waals surface area contributed by atoms with Gasteiger partial charge >= 0.3 is 12.1 Å². The summed E-state index contributed by atoms with van der Waals surface area (Å²) in [4.78, 5) is 27.4. The Labute approximate surface area is 313 Å². The van der Waals surface area contributed by atoms with Crippen molar-refractivity contribution in [1.82, 2.24) is 15.1 Å². The molecule has 286 valence electrons. The second-order valence-electron chi connectivity index (χ2n) is 14.1. The normalized spacial score (nSPS) is 21.5. The van der Waals surface area contributed by atoms with Crippen LogP contribution in [-0.2, 0) is 32.2 Å². The first-order chi connectivity index (χ1) is 25.9. The van der Waals surface area contributed by atoms with Gasteiger partial charge < -0.3 is 29.9 Å². The van der Waals surface area contributed by atoms with Crippen LogP contribution in [0.2, 0.25) is 0 Å². The number of nitrogens with one attached hydrogen (secondary N) is 1. The Balaban J connectivity index is 1.13. The SMILES string of the molecule is C[C@@H]([C@H](O)c1ccccc1)N(C)C[C@H]1C[C@@H](c2ccc(CO)cc2)O[C@@H](c2ccc(-c3cccc(CNC(=O)[C@@H]4CCCN4C(=O)C(F)(F)F)c3)cc2)O1. The third-order valence-electron chi connectivity index (χ3n) is 10.4. The maximum absolute atomic E-state index is 13.0. The maximum Gasteiger partial charge on any atom is 0.471 e. The van der Waals surface area contributed by atoms with Crippen LogP contribution in [0.4, 0.5) is 13.2 Å². The molecular formula is C42H46F3N3O6. The summed E-state index contributed by atoms with van der Waals surface area (Å²) in [5.41, 5.74) is 5.97. The largest absolute Gasteiger partial charge is 0.471 e. The summed E-state index contributed by atoms with van der Waals surface area (Å²) in [7, 11) is 1.97. The lowest BCUT2D eigenvalue weighted by Crippen LogP contribution is -2.50. The smallest absolute Gasteiger partial charge is 0.392 e. The van der Waals surface area contributed by atoms with Gasteiger partial charge in [0.1, 0.15) is 6.04 Å². The fourth-order valence-electron chi connectivity index (χ4n) is 7.14. The maximum atomic E-state index is 13.0. The van der Waals surface area contributed by atoms with Gasteiger partial charge in [0.2, 0.25) is 5.91 Å². The van der Waals surface area contributed by atoms with Gasteiger partial charge in [-0.25, -0.2) is 0 Å². The van der Waals surface area contributed by atoms with E-state index in [1.165, 1.54) is 0 Å². The molecule has 0 aromatic heterocycles. The lowest BCUT2D eigenvalue weighted by molar-refractivity contribution is -0.253. The van der Waals surface area contributed by atoms with Crippen molar-refractivity contribution in [1.29, 1.82) is 0 Å². The number of amides is 2. The molecule has 0 spiro atoms. The van der Waals surface area contributed by atoms with Crippen LogP contribution in [0.15, 0.2) is 103 Å². The van der Waals surface area contributed by atoms with Crippen molar-refractivity contribution < 1.29 is 42.4 Å². The number of likely N-dealkylation sites (tertiary alicyclic amines) is 1. The molecule has 2 amide bonds. The van der Waals surface area contributed by atoms with Gasteiger partial charge in [0.15, 0.2) is 6.29 Å². The van der Waals surface area contributed by atoms with Crippen LogP contribution in [-0.4, -0.2) is 76.3 Å². The highest BCUT2D eigenvalue weighted by Crippen LogP contribution is 2.39. The number of carbonyl (C=O) groups is 2. The van der Waals surface area contributed by atoms with Crippen molar-refractivity contribution in [3.63, 3.8) is 0 Å². The zero-order chi connectivity index (χ0) is 38.4. The first-order valence-corrected chi connectivity index (χ1v) is 18.2. The number of aliphatic hydroxyl groups is 2. The Bertz CT molecular complexity index is 1860. The molecule has 2 heterocycles. The van der Waals surface area contributed by atoms with Crippen LogP contribution < -0.4 is 5.32 Å². The lowest BCUT2D eigenvalue weighted by atomic mass is 9.98. The molecule has 0 aliphatic carbocycles. The molecule has 2 saturated heterocycles. The van der Waals surface area contributed by atoms with Gasteiger partial charge in [-0.3, -0.25) is 14.5 Å². The molecule has 2 aliphatic heterocycles. The number of carbonyl (C=O) groups excluding carboxylic acids is 2. The molecule has 3 N–H and O–H groups in total. The van der Waals surface area contributed by atoms with E-state index in [-0.39, 0.29) is 44.4 Å². The second kappa shape index (κ2) is 17.3. The van der Waals surface area contributed by atoms with E-state index in [4.69, 9.17) is 9.47 Å². The molecular weight excluding hydrogens is 699 g/mol. The molecule has 2 fully saturated rings. The van der Waals surface area contributed by atoms with E-state index in [0.717, 1.165) is 38.9 Å². The highest BCUT2D eigenvalue weighted by Gasteiger charge is 2.47. The Kier molecular flexibility index (Phi) is 12.5. The minimum Gasteiger partial charge on any atom is -0.392 e. The predicted octanol–water partition coefficient (Wildman–Crippen LogP) is 6.61. The zero-order valence-electron chi connectivity index (χ0n) is 30.3. The van der Waals surface area contributed by atoms with Crippen molar-refractivity contribution in [3.05, 3.63) is 131 Å². The molecule has 0 saturated carbocycles. The molecule has 0 radical (unpaired) electrons. The van der Waals surface area contributed by atoms with Gasteiger partial charge in [0, 0.05) is 37.7 Å². The molecule has 12 heteroatoms. The second-order valence-corrected chi connectivity index (χ2v) is 14.1. The van der Waals surface area contributed by atoms with Gasteiger partial charge in [0.25, 0.3) is 0 Å². The minimum atomic E-state index is -5.03. The molecule has 2 aliphatic rings. The number of hydrogen-bond donors (Lipinski definition) is 3. The van der Waals surface area contributed by atoms with Crippen LogP contribution in [0.3, 0.4) is 0 Å². The molecule has 4 aromatic rings. The third-order valence-corrected chi connectivity index (χ3v) is 10.4. The van der Waals surface area contributed by atoms with Gasteiger partial charge in [-0.05, 0) is 66.3 Å². The summed E-state index contributed by atoms with van der Waals surface area (Å²) in [6.45, 7) is 2.48. The summed E-state index contributed by atoms with van der Waals surface area (Å²) in [5, 5.41) is 23.4. The van der Waals surface area contributed by atoms with Gasteiger partial charge in [-0.15, -0.1) is 0 Å². The summed E-state index contributed by atoms with van der Waals surface area (Å²) < 4.78 is 52.2. The minimum absolute atomic E-state index is 0.0524. The molecule has 0 unspecified atom stereocenters. The molecule has 6 atom stereocenters.